The van der Waals surface area contributed by atoms with Crippen molar-refractivity contribution >= 4 is 28.7 Å². The molecule has 0 bridgehead atoms. The number of carbonyl (C=O) groups is 3. The fraction of sp³-hybridized carbons (Fsp3) is 0.267. The number of aryl methyl sites for hydroxylation is 2. The van der Waals surface area contributed by atoms with Gasteiger partial charge in [0.1, 0.15) is 5.82 Å². The third-order valence-corrected chi connectivity index (χ3v) is 6.58. The number of ketones is 1. The summed E-state index contributed by atoms with van der Waals surface area (Å²) in [6.07, 6.45) is 1.72. The van der Waals surface area contributed by atoms with Crippen LogP contribution in [0.15, 0.2) is 60.7 Å². The van der Waals surface area contributed by atoms with Gasteiger partial charge in [-0.25, -0.2) is 9.78 Å². The molecule has 2 N–H and O–H groups in total. The van der Waals surface area contributed by atoms with Gasteiger partial charge in [0.05, 0.1) is 22.6 Å². The van der Waals surface area contributed by atoms with Gasteiger partial charge < -0.3 is 15.0 Å². The van der Waals surface area contributed by atoms with Crippen molar-refractivity contribution in [2.24, 2.45) is 0 Å². The standard InChI is InChI=1S/C30H31N3O4/c1-5-8-27-32-28-18(2)15-23(29(35)31-19(3)20(4)34)16-26(28)33(27)17-21-11-13-22(14-12-21)24-9-6-7-10-25(24)30(36)37/h6-7,9-16,19H,5,8,17H2,1-4H3,(H,31,35)(H,36,37). The summed E-state index contributed by atoms with van der Waals surface area (Å²) in [7, 11) is 0. The first-order chi connectivity index (χ1) is 17.7. The van der Waals surface area contributed by atoms with Crippen LogP contribution in [0.3, 0.4) is 0 Å². The lowest BCUT2D eigenvalue weighted by Crippen LogP contribution is -2.37. The van der Waals surface area contributed by atoms with E-state index in [0.717, 1.165) is 46.4 Å². The van der Waals surface area contributed by atoms with Crippen molar-refractivity contribution < 1.29 is 19.5 Å². The van der Waals surface area contributed by atoms with Gasteiger partial charge in [0, 0.05) is 18.5 Å². The van der Waals surface area contributed by atoms with Gasteiger partial charge in [0.25, 0.3) is 5.91 Å². The molecule has 1 heterocycles. The minimum atomic E-state index is -0.957. The molecule has 0 fully saturated rings. The van der Waals surface area contributed by atoms with Crippen LogP contribution in [0.1, 0.15) is 64.9 Å². The third-order valence-electron chi connectivity index (χ3n) is 6.58. The molecule has 0 radical (unpaired) electrons. The summed E-state index contributed by atoms with van der Waals surface area (Å²) in [5, 5.41) is 12.3. The summed E-state index contributed by atoms with van der Waals surface area (Å²) in [6.45, 7) is 7.73. The highest BCUT2D eigenvalue weighted by Crippen LogP contribution is 2.27. The predicted octanol–water partition coefficient (Wildman–Crippen LogP) is 5.42. The zero-order valence-corrected chi connectivity index (χ0v) is 21.5. The van der Waals surface area contributed by atoms with E-state index in [1.165, 1.54) is 6.92 Å². The molecular formula is C30H31N3O4. The Hall–Kier alpha value is -4.26. The summed E-state index contributed by atoms with van der Waals surface area (Å²) >= 11 is 0. The van der Waals surface area contributed by atoms with E-state index < -0.39 is 12.0 Å². The minimum absolute atomic E-state index is 0.101. The monoisotopic (exact) mass is 497 g/mol. The van der Waals surface area contributed by atoms with Crippen molar-refractivity contribution in [3.8, 4) is 11.1 Å². The molecule has 0 saturated heterocycles. The number of imidazole rings is 1. The first-order valence-electron chi connectivity index (χ1n) is 12.4. The number of aromatic nitrogens is 2. The fourth-order valence-electron chi connectivity index (χ4n) is 4.44. The highest BCUT2D eigenvalue weighted by molar-refractivity contribution is 6.00. The van der Waals surface area contributed by atoms with Crippen molar-refractivity contribution in [2.75, 3.05) is 0 Å². The van der Waals surface area contributed by atoms with Gasteiger partial charge in [-0.15, -0.1) is 0 Å². The molecule has 0 aliphatic carbocycles. The lowest BCUT2D eigenvalue weighted by Gasteiger charge is -2.13. The van der Waals surface area contributed by atoms with E-state index in [1.54, 1.807) is 19.1 Å². The average molecular weight is 498 g/mol. The smallest absolute Gasteiger partial charge is 0.336 e. The van der Waals surface area contributed by atoms with Crippen molar-refractivity contribution in [3.63, 3.8) is 0 Å². The second-order valence-corrected chi connectivity index (χ2v) is 9.38. The minimum Gasteiger partial charge on any atom is -0.478 e. The molecule has 1 atom stereocenters. The maximum Gasteiger partial charge on any atom is 0.336 e. The number of Topliss-reactive ketones (excluding diaryl/α,β-unsaturated/α-hetero) is 1. The molecule has 4 aromatic rings. The van der Waals surface area contributed by atoms with Gasteiger partial charge in [-0.3, -0.25) is 9.59 Å². The van der Waals surface area contributed by atoms with Gasteiger partial charge in [-0.2, -0.15) is 0 Å². The number of benzene rings is 3. The number of nitrogens with one attached hydrogen (secondary N) is 1. The number of rotatable bonds is 9. The number of fused-ring (bicyclic) bond motifs is 1. The summed E-state index contributed by atoms with van der Waals surface area (Å²) in [6, 6.07) is 17.9. The van der Waals surface area contributed by atoms with Crippen LogP contribution in [0.5, 0.6) is 0 Å². The van der Waals surface area contributed by atoms with Gasteiger partial charge in [0.2, 0.25) is 0 Å². The Kier molecular flexibility index (Phi) is 7.53. The lowest BCUT2D eigenvalue weighted by molar-refractivity contribution is -0.118. The number of hydrogen-bond acceptors (Lipinski definition) is 4. The molecule has 1 unspecified atom stereocenters. The van der Waals surface area contributed by atoms with Crippen LogP contribution in [0.2, 0.25) is 0 Å². The molecular weight excluding hydrogens is 466 g/mol. The van der Waals surface area contributed by atoms with Crippen LogP contribution in [-0.2, 0) is 17.8 Å². The number of nitrogens with zero attached hydrogens (tertiary/aromatic N) is 2. The second kappa shape index (κ2) is 10.8. The SMILES string of the molecule is CCCc1nc2c(C)cc(C(=O)NC(C)C(C)=O)cc2n1Cc1ccc(-c2ccccc2C(=O)O)cc1. The summed E-state index contributed by atoms with van der Waals surface area (Å²) in [4.78, 5) is 41.0. The fourth-order valence-corrected chi connectivity index (χ4v) is 4.44. The molecule has 1 amide bonds. The molecule has 0 aliphatic rings. The second-order valence-electron chi connectivity index (χ2n) is 9.38. The normalized spacial score (nSPS) is 11.9. The number of hydrogen-bond donors (Lipinski definition) is 2. The highest BCUT2D eigenvalue weighted by atomic mass is 16.4. The molecule has 0 saturated carbocycles. The van der Waals surface area contributed by atoms with Crippen LogP contribution < -0.4 is 5.32 Å². The predicted molar refractivity (Wildman–Crippen MR) is 144 cm³/mol. The molecule has 0 aliphatic heterocycles. The highest BCUT2D eigenvalue weighted by Gasteiger charge is 2.19. The van der Waals surface area contributed by atoms with Crippen LogP contribution in [0.4, 0.5) is 0 Å². The zero-order valence-electron chi connectivity index (χ0n) is 21.5. The van der Waals surface area contributed by atoms with Crippen LogP contribution in [-0.4, -0.2) is 38.4 Å². The largest absolute Gasteiger partial charge is 0.478 e. The molecule has 4 rings (SSSR count). The molecule has 0 spiro atoms. The Bertz CT molecular complexity index is 1480. The molecule has 7 nitrogen and oxygen atoms in total. The Morgan fingerprint density at radius 2 is 1.76 bits per heavy atom. The van der Waals surface area contributed by atoms with Crippen LogP contribution in [0.25, 0.3) is 22.2 Å². The Labute approximate surface area is 216 Å². The van der Waals surface area contributed by atoms with E-state index in [9.17, 15) is 19.5 Å². The summed E-state index contributed by atoms with van der Waals surface area (Å²) in [5.74, 6) is -0.410. The summed E-state index contributed by atoms with van der Waals surface area (Å²) in [5.41, 5.74) is 5.91. The summed E-state index contributed by atoms with van der Waals surface area (Å²) < 4.78 is 2.14. The van der Waals surface area contributed by atoms with E-state index in [-0.39, 0.29) is 17.3 Å². The average Bonchev–Trinajstić information content (AvgIpc) is 3.22. The number of aromatic carboxylic acids is 1. The molecule has 7 heteroatoms. The molecule has 3 aromatic carbocycles. The number of carboxylic acid groups (broad SMARTS) is 1. The van der Waals surface area contributed by atoms with Crippen molar-refractivity contribution in [1.82, 2.24) is 14.9 Å². The van der Waals surface area contributed by atoms with Crippen LogP contribution >= 0.6 is 0 Å². The number of amides is 1. The lowest BCUT2D eigenvalue weighted by atomic mass is 9.98. The van der Waals surface area contributed by atoms with E-state index >= 15 is 0 Å². The van der Waals surface area contributed by atoms with Gasteiger partial charge in [-0.05, 0) is 67.6 Å². The third kappa shape index (κ3) is 5.45. The Balaban J connectivity index is 1.71. The van der Waals surface area contributed by atoms with Crippen molar-refractivity contribution in [1.29, 1.82) is 0 Å². The van der Waals surface area contributed by atoms with E-state index in [1.807, 2.05) is 55.5 Å². The Morgan fingerprint density at radius 3 is 2.41 bits per heavy atom. The molecule has 1 aromatic heterocycles. The number of carboxylic acids is 1. The van der Waals surface area contributed by atoms with Gasteiger partial charge in [0.15, 0.2) is 5.78 Å². The topological polar surface area (TPSA) is 101 Å². The quantitative estimate of drug-likeness (QED) is 0.322. The van der Waals surface area contributed by atoms with E-state index in [2.05, 4.69) is 16.8 Å². The zero-order chi connectivity index (χ0) is 26.7. The molecule has 37 heavy (non-hydrogen) atoms. The molecule has 190 valence electrons. The number of carbonyl (C=O) groups excluding carboxylic acids is 2. The van der Waals surface area contributed by atoms with Crippen molar-refractivity contribution in [2.45, 2.75) is 53.1 Å². The van der Waals surface area contributed by atoms with Crippen LogP contribution in [0, 0.1) is 6.92 Å². The van der Waals surface area contributed by atoms with E-state index in [0.29, 0.717) is 17.7 Å². The maximum absolute atomic E-state index is 12.9. The van der Waals surface area contributed by atoms with Crippen molar-refractivity contribution in [3.05, 3.63) is 88.7 Å². The first-order valence-corrected chi connectivity index (χ1v) is 12.4. The van der Waals surface area contributed by atoms with Gasteiger partial charge >= 0.3 is 5.97 Å². The first kappa shape index (κ1) is 25.8. The maximum atomic E-state index is 12.9. The van der Waals surface area contributed by atoms with Gasteiger partial charge in [-0.1, -0.05) is 49.4 Å². The Morgan fingerprint density at radius 1 is 1.05 bits per heavy atom. The van der Waals surface area contributed by atoms with E-state index in [4.69, 9.17) is 4.98 Å².